The van der Waals surface area contributed by atoms with E-state index in [0.29, 0.717) is 21.1 Å². The van der Waals surface area contributed by atoms with Gasteiger partial charge >= 0.3 is 5.97 Å². The number of benzene rings is 2. The molecule has 0 fully saturated rings. The van der Waals surface area contributed by atoms with E-state index >= 15 is 0 Å². The maximum absolute atomic E-state index is 11.8. The second-order valence-electron chi connectivity index (χ2n) is 4.70. The monoisotopic (exact) mass is 336 g/mol. The maximum atomic E-state index is 11.8. The summed E-state index contributed by atoms with van der Waals surface area (Å²) in [6.45, 7) is 0. The number of thioether (sulfide) groups is 1. The minimum atomic E-state index is -3.26. The molecule has 0 saturated carbocycles. The minimum Gasteiger partial charge on any atom is -0.465 e. The Kier molecular flexibility index (Phi) is 5.26. The van der Waals surface area contributed by atoms with E-state index in [4.69, 9.17) is 4.74 Å². The van der Waals surface area contributed by atoms with Gasteiger partial charge in [-0.3, -0.25) is 0 Å². The number of ether oxygens (including phenoxy) is 1. The van der Waals surface area contributed by atoms with E-state index in [2.05, 4.69) is 0 Å². The van der Waals surface area contributed by atoms with E-state index in [-0.39, 0.29) is 5.97 Å². The van der Waals surface area contributed by atoms with E-state index in [1.54, 1.807) is 36.4 Å². The molecule has 0 unspecified atom stereocenters. The fourth-order valence-corrected chi connectivity index (χ4v) is 4.22. The summed E-state index contributed by atoms with van der Waals surface area (Å²) in [6.07, 6.45) is 1.20. The van der Waals surface area contributed by atoms with Crippen molar-refractivity contribution in [1.82, 2.24) is 0 Å². The highest BCUT2D eigenvalue weighted by Gasteiger charge is 2.13. The molecule has 2 rings (SSSR count). The molecule has 116 valence electrons. The van der Waals surface area contributed by atoms with Gasteiger partial charge in [0, 0.05) is 16.9 Å². The SMILES string of the molecule is COC(=O)c1cccc(CSc2ccccc2S(C)(=O)=O)c1. The summed E-state index contributed by atoms with van der Waals surface area (Å²) >= 11 is 1.42. The zero-order chi connectivity index (χ0) is 16.2. The molecule has 4 nitrogen and oxygen atoms in total. The van der Waals surface area contributed by atoms with Crippen molar-refractivity contribution >= 4 is 27.6 Å². The van der Waals surface area contributed by atoms with Crippen molar-refractivity contribution in [2.75, 3.05) is 13.4 Å². The lowest BCUT2D eigenvalue weighted by molar-refractivity contribution is 0.0600. The first kappa shape index (κ1) is 16.6. The fourth-order valence-electron chi connectivity index (χ4n) is 1.94. The molecule has 6 heteroatoms. The van der Waals surface area contributed by atoms with E-state index in [1.807, 2.05) is 12.1 Å². The summed E-state index contributed by atoms with van der Waals surface area (Å²) in [7, 11) is -1.92. The van der Waals surface area contributed by atoms with E-state index < -0.39 is 9.84 Å². The van der Waals surface area contributed by atoms with E-state index in [1.165, 1.54) is 25.1 Å². The van der Waals surface area contributed by atoms with Crippen LogP contribution in [0.5, 0.6) is 0 Å². The highest BCUT2D eigenvalue weighted by Crippen LogP contribution is 2.29. The van der Waals surface area contributed by atoms with Crippen molar-refractivity contribution in [2.24, 2.45) is 0 Å². The normalized spacial score (nSPS) is 11.2. The lowest BCUT2D eigenvalue weighted by atomic mass is 10.1. The Hall–Kier alpha value is -1.79. The minimum absolute atomic E-state index is 0.323. The average molecular weight is 336 g/mol. The smallest absolute Gasteiger partial charge is 0.337 e. The molecule has 0 amide bonds. The molecule has 2 aromatic rings. The van der Waals surface area contributed by atoms with Gasteiger partial charge in [0.2, 0.25) is 0 Å². The van der Waals surface area contributed by atoms with Gasteiger partial charge in [0.15, 0.2) is 9.84 Å². The first-order valence-corrected chi connectivity index (χ1v) is 9.38. The number of carbonyl (C=O) groups excluding carboxylic acids is 1. The van der Waals surface area contributed by atoms with Gasteiger partial charge in [-0.15, -0.1) is 11.8 Å². The predicted molar refractivity (Wildman–Crippen MR) is 86.9 cm³/mol. The molecule has 0 aliphatic heterocycles. The van der Waals surface area contributed by atoms with Crippen LogP contribution in [0.3, 0.4) is 0 Å². The van der Waals surface area contributed by atoms with Gasteiger partial charge in [0.05, 0.1) is 17.6 Å². The van der Waals surface area contributed by atoms with Crippen molar-refractivity contribution in [2.45, 2.75) is 15.5 Å². The van der Waals surface area contributed by atoms with Gasteiger partial charge in [-0.25, -0.2) is 13.2 Å². The van der Waals surface area contributed by atoms with Gasteiger partial charge in [-0.1, -0.05) is 24.3 Å². The lowest BCUT2D eigenvalue weighted by Crippen LogP contribution is -2.01. The summed E-state index contributed by atoms with van der Waals surface area (Å²) < 4.78 is 28.2. The molecule has 0 N–H and O–H groups in total. The lowest BCUT2D eigenvalue weighted by Gasteiger charge is -2.08. The second-order valence-corrected chi connectivity index (χ2v) is 7.70. The number of rotatable bonds is 5. The summed E-state index contributed by atoms with van der Waals surface area (Å²) in [5, 5.41) is 0. The molecule has 0 aliphatic carbocycles. The first-order valence-electron chi connectivity index (χ1n) is 6.51. The molecule has 22 heavy (non-hydrogen) atoms. The molecular weight excluding hydrogens is 320 g/mol. The standard InChI is InChI=1S/C16H16O4S2/c1-20-16(17)13-7-5-6-12(10-13)11-21-14-8-3-4-9-15(14)22(2,18)19/h3-10H,11H2,1-2H3. The Morgan fingerprint density at radius 1 is 1.14 bits per heavy atom. The molecule has 0 aliphatic rings. The van der Waals surface area contributed by atoms with Crippen LogP contribution in [0.1, 0.15) is 15.9 Å². The number of carbonyl (C=O) groups is 1. The molecule has 2 aromatic carbocycles. The van der Waals surface area contributed by atoms with Gasteiger partial charge in [-0.2, -0.15) is 0 Å². The third-order valence-corrected chi connectivity index (χ3v) is 5.42. The van der Waals surface area contributed by atoms with Gasteiger partial charge in [0.25, 0.3) is 0 Å². The third-order valence-electron chi connectivity index (χ3n) is 2.99. The second kappa shape index (κ2) is 6.98. The topological polar surface area (TPSA) is 60.4 Å². The summed E-state index contributed by atoms with van der Waals surface area (Å²) in [6, 6.07) is 14.0. The maximum Gasteiger partial charge on any atom is 0.337 e. The van der Waals surface area contributed by atoms with Crippen LogP contribution in [0.15, 0.2) is 58.3 Å². The number of methoxy groups -OCH3 is 1. The first-order chi connectivity index (χ1) is 10.4. The van der Waals surface area contributed by atoms with Crippen molar-refractivity contribution in [3.63, 3.8) is 0 Å². The van der Waals surface area contributed by atoms with Crippen molar-refractivity contribution in [1.29, 1.82) is 0 Å². The van der Waals surface area contributed by atoms with Gasteiger partial charge < -0.3 is 4.74 Å². The van der Waals surface area contributed by atoms with Crippen LogP contribution in [-0.2, 0) is 20.3 Å². The van der Waals surface area contributed by atoms with Gasteiger partial charge in [-0.05, 0) is 29.8 Å². The van der Waals surface area contributed by atoms with Crippen LogP contribution in [0.25, 0.3) is 0 Å². The molecule has 0 bridgehead atoms. The van der Waals surface area contributed by atoms with Crippen molar-refractivity contribution in [3.8, 4) is 0 Å². The average Bonchev–Trinajstić information content (AvgIpc) is 2.52. The molecule has 0 aromatic heterocycles. The van der Waals surface area contributed by atoms with Crippen molar-refractivity contribution < 1.29 is 17.9 Å². The van der Waals surface area contributed by atoms with Crippen molar-refractivity contribution in [3.05, 3.63) is 59.7 Å². The highest BCUT2D eigenvalue weighted by molar-refractivity contribution is 7.99. The van der Waals surface area contributed by atoms with Crippen LogP contribution < -0.4 is 0 Å². The Balaban J connectivity index is 2.20. The molecule has 0 atom stereocenters. The van der Waals surface area contributed by atoms with Crippen LogP contribution in [0, 0.1) is 0 Å². The highest BCUT2D eigenvalue weighted by atomic mass is 32.2. The third kappa shape index (κ3) is 4.11. The van der Waals surface area contributed by atoms with Gasteiger partial charge in [0.1, 0.15) is 0 Å². The van der Waals surface area contributed by atoms with Crippen LogP contribution in [-0.4, -0.2) is 27.8 Å². The quantitative estimate of drug-likeness (QED) is 0.620. The summed E-state index contributed by atoms with van der Waals surface area (Å²) in [5.74, 6) is 0.181. The molecule has 0 radical (unpaired) electrons. The molecule has 0 heterocycles. The Labute approximate surface area is 134 Å². The number of sulfone groups is 1. The summed E-state index contributed by atoms with van der Waals surface area (Å²) in [4.78, 5) is 12.5. The number of esters is 1. The van der Waals surface area contributed by atoms with Crippen LogP contribution in [0.2, 0.25) is 0 Å². The Morgan fingerprint density at radius 3 is 2.55 bits per heavy atom. The predicted octanol–water partition coefficient (Wildman–Crippen LogP) is 3.17. The zero-order valence-electron chi connectivity index (χ0n) is 12.3. The Bertz CT molecular complexity index is 782. The number of hydrogen-bond acceptors (Lipinski definition) is 5. The zero-order valence-corrected chi connectivity index (χ0v) is 13.9. The largest absolute Gasteiger partial charge is 0.465 e. The molecule has 0 saturated heterocycles. The number of hydrogen-bond donors (Lipinski definition) is 0. The molecular formula is C16H16O4S2. The Morgan fingerprint density at radius 2 is 1.86 bits per heavy atom. The fraction of sp³-hybridized carbons (Fsp3) is 0.188. The van der Waals surface area contributed by atoms with Crippen LogP contribution in [0.4, 0.5) is 0 Å². The van der Waals surface area contributed by atoms with E-state index in [9.17, 15) is 13.2 Å². The van der Waals surface area contributed by atoms with Crippen LogP contribution >= 0.6 is 11.8 Å². The summed E-state index contributed by atoms with van der Waals surface area (Å²) in [5.41, 5.74) is 1.41. The van der Waals surface area contributed by atoms with E-state index in [0.717, 1.165) is 5.56 Å². The molecule has 0 spiro atoms.